The van der Waals surface area contributed by atoms with E-state index >= 15 is 0 Å². The number of nitrogens with zero attached hydrogens (tertiary/aromatic N) is 1. The van der Waals surface area contributed by atoms with Crippen LogP contribution in [0.5, 0.6) is 0 Å². The second-order valence-electron chi connectivity index (χ2n) is 39.9. The summed E-state index contributed by atoms with van der Waals surface area (Å²) in [6.07, 6.45) is 27.0. The Kier molecular flexibility index (Phi) is 50.9. The van der Waals surface area contributed by atoms with Crippen molar-refractivity contribution in [2.75, 3.05) is 19.8 Å². The molecule has 15 rings (SSSR count). The van der Waals surface area contributed by atoms with E-state index in [0.717, 1.165) is 108 Å². The van der Waals surface area contributed by atoms with Crippen molar-refractivity contribution in [2.45, 2.75) is 467 Å². The molecular formula is C101H191NO21. The van der Waals surface area contributed by atoms with Gasteiger partial charge < -0.3 is 47.7 Å². The summed E-state index contributed by atoms with van der Waals surface area (Å²) in [5.41, 5.74) is -4.05. The fourth-order valence-corrected chi connectivity index (χ4v) is 19.9. The Morgan fingerprint density at radius 1 is 0.463 bits per heavy atom. The Hall–Kier alpha value is -5.67. The molecule has 0 aromatic rings. The van der Waals surface area contributed by atoms with Gasteiger partial charge in [-0.2, -0.15) is 0 Å². The molecule has 123 heavy (non-hydrogen) atoms. The molecule has 2 amide bonds. The van der Waals surface area contributed by atoms with Crippen molar-refractivity contribution in [1.82, 2.24) is 4.90 Å². The van der Waals surface area contributed by atoms with E-state index in [1.54, 1.807) is 41.5 Å². The number of cyclic esters (lactones) is 1. The number of fused-ring (bicyclic) bond motifs is 2. The number of β-lactam (4-membered cyclic amide) rings is 1. The molecule has 3 aliphatic heterocycles. The van der Waals surface area contributed by atoms with Crippen LogP contribution in [-0.2, 0) is 95.4 Å². The number of amides is 2. The van der Waals surface area contributed by atoms with E-state index < -0.39 is 51.3 Å². The zero-order valence-corrected chi connectivity index (χ0v) is 71.8. The number of aliphatic hydroxyl groups is 1. The number of rotatable bonds is 23. The summed E-state index contributed by atoms with van der Waals surface area (Å²) in [5, 5.41) is 10.6. The van der Waals surface area contributed by atoms with Crippen LogP contribution >= 0.6 is 0 Å². The second-order valence-corrected chi connectivity index (χ2v) is 39.9. The van der Waals surface area contributed by atoms with E-state index in [1.165, 1.54) is 62.7 Å². The van der Waals surface area contributed by atoms with Gasteiger partial charge in [-0.15, -0.1) is 0 Å². The Morgan fingerprint density at radius 3 is 1.33 bits per heavy atom. The highest BCUT2D eigenvalue weighted by Gasteiger charge is 2.65. The lowest BCUT2D eigenvalue weighted by molar-refractivity contribution is -0.231. The van der Waals surface area contributed by atoms with Crippen LogP contribution in [0.1, 0.15) is 421 Å². The smallest absolute Gasteiger partial charge is 0.347 e. The van der Waals surface area contributed by atoms with Crippen molar-refractivity contribution in [3.63, 3.8) is 0 Å². The summed E-state index contributed by atoms with van der Waals surface area (Å²) >= 11 is 0. The molecule has 3 heterocycles. The van der Waals surface area contributed by atoms with Crippen molar-refractivity contribution in [1.29, 1.82) is 0 Å². The minimum absolute atomic E-state index is 0. The van der Waals surface area contributed by atoms with Gasteiger partial charge in [0.25, 0.3) is 5.91 Å². The molecule has 1 N–H and O–H groups in total. The van der Waals surface area contributed by atoms with Gasteiger partial charge in [-0.05, 0) is 285 Å². The molecule has 0 spiro atoms. The van der Waals surface area contributed by atoms with E-state index in [2.05, 4.69) is 27.7 Å². The molecule has 0 aromatic carbocycles. The van der Waals surface area contributed by atoms with E-state index in [1.807, 2.05) is 76.2 Å². The van der Waals surface area contributed by atoms with Gasteiger partial charge in [-0.3, -0.25) is 48.1 Å². The second kappa shape index (κ2) is 49.8. The van der Waals surface area contributed by atoms with Crippen LogP contribution in [0.25, 0.3) is 0 Å². The quantitative estimate of drug-likeness (QED) is 0.0565. The molecule has 12 aliphatic carbocycles. The summed E-state index contributed by atoms with van der Waals surface area (Å²) in [5.74, 6) is 2.19. The van der Waals surface area contributed by atoms with Crippen LogP contribution < -0.4 is 0 Å². The first kappa shape index (κ1) is 126. The Morgan fingerprint density at radius 2 is 0.894 bits per heavy atom. The number of hydrogen-bond donors (Lipinski definition) is 1. The minimum atomic E-state index is -0.687. The molecule has 0 radical (unpaired) electrons. The normalized spacial score (nSPS) is 29.5. The first-order valence-electron chi connectivity index (χ1n) is 43.1. The number of esters is 9. The van der Waals surface area contributed by atoms with Gasteiger partial charge in [0.1, 0.15) is 29.0 Å². The van der Waals surface area contributed by atoms with Gasteiger partial charge >= 0.3 is 53.7 Å². The van der Waals surface area contributed by atoms with Crippen LogP contribution in [0.2, 0.25) is 0 Å². The number of likely N-dealkylation sites (tertiary alicyclic amines) is 1. The third kappa shape index (κ3) is 28.7. The average molecular weight is 1760 g/mol. The molecule has 10 bridgehead atoms. The van der Waals surface area contributed by atoms with Gasteiger partial charge in [0.2, 0.25) is 12.0 Å². The monoisotopic (exact) mass is 1750 g/mol. The molecule has 10 unspecified atom stereocenters. The van der Waals surface area contributed by atoms with Crippen LogP contribution in [0.4, 0.5) is 0 Å². The largest absolute Gasteiger partial charge is 0.463 e. The van der Waals surface area contributed by atoms with Gasteiger partial charge in [-0.25, -0.2) is 9.59 Å². The maximum atomic E-state index is 12.8. The van der Waals surface area contributed by atoms with Crippen LogP contribution in [0, 0.1) is 97.6 Å². The molecule has 3 saturated heterocycles. The summed E-state index contributed by atoms with van der Waals surface area (Å²) in [6, 6.07) is 0.0536. The van der Waals surface area contributed by atoms with Crippen LogP contribution in [0.15, 0.2) is 0 Å². The maximum absolute atomic E-state index is 12.8. The zero-order chi connectivity index (χ0) is 82.6. The van der Waals surface area contributed by atoms with E-state index in [-0.39, 0.29) is 220 Å². The van der Waals surface area contributed by atoms with E-state index in [0.29, 0.717) is 68.3 Å². The molecular weight excluding hydrogens is 1560 g/mol. The molecule has 15 fully saturated rings. The highest BCUT2D eigenvalue weighted by atomic mass is 16.6. The number of carbonyl (C=O) groups is 11. The number of hydrogen-bond acceptors (Lipinski definition) is 21. The van der Waals surface area contributed by atoms with Gasteiger partial charge in [0, 0.05) is 24.7 Å². The highest BCUT2D eigenvalue weighted by Crippen LogP contribution is 2.63. The Bertz CT molecular complexity index is 3290. The van der Waals surface area contributed by atoms with E-state index in [9.17, 15) is 57.8 Å². The highest BCUT2D eigenvalue weighted by molar-refractivity contribution is 6.03. The summed E-state index contributed by atoms with van der Waals surface area (Å²) in [7, 11) is 0. The molecule has 0 aromatic heterocycles. The predicted octanol–water partition coefficient (Wildman–Crippen LogP) is 23.8. The van der Waals surface area contributed by atoms with Crippen molar-refractivity contribution in [3.05, 3.63) is 0 Å². The van der Waals surface area contributed by atoms with Crippen LogP contribution in [-0.4, -0.2) is 142 Å². The fourth-order valence-electron chi connectivity index (χ4n) is 19.9. The lowest BCUT2D eigenvalue weighted by Gasteiger charge is -2.62. The van der Waals surface area contributed by atoms with Crippen LogP contribution in [0.3, 0.4) is 0 Å². The lowest BCUT2D eigenvalue weighted by atomic mass is 9.47. The lowest BCUT2D eigenvalue weighted by Crippen LogP contribution is -2.63. The molecule has 15 aliphatic rings. The maximum Gasteiger partial charge on any atom is 0.347 e. The topological polar surface area (TPSA) is 294 Å². The molecule has 22 heteroatoms. The third-order valence-corrected chi connectivity index (χ3v) is 29.3. The number of carbonyl (C=O) groups excluding carboxylic acids is 11. The Balaban J connectivity index is -0.000000447. The third-order valence-electron chi connectivity index (χ3n) is 29.3. The van der Waals surface area contributed by atoms with Gasteiger partial charge in [-0.1, -0.05) is 164 Å². The van der Waals surface area contributed by atoms with Crippen molar-refractivity contribution in [2.24, 2.45) is 97.6 Å². The Labute approximate surface area is 752 Å². The first-order valence-corrected chi connectivity index (χ1v) is 43.1. The molecule has 10 atom stereocenters. The fraction of sp³-hybridized carbons (Fsp3) is 0.891. The van der Waals surface area contributed by atoms with Crippen molar-refractivity contribution in [3.8, 4) is 0 Å². The van der Waals surface area contributed by atoms with Crippen molar-refractivity contribution >= 4 is 65.5 Å². The van der Waals surface area contributed by atoms with Crippen molar-refractivity contribution < 1.29 is 100 Å². The summed E-state index contributed by atoms with van der Waals surface area (Å²) in [6.45, 7) is 40.8. The van der Waals surface area contributed by atoms with Gasteiger partial charge in [0.05, 0.1) is 62.6 Å². The standard InChI is InChI=1S/C19H32O2.C16H22O6.C16H26O3.C14H21NO4.C14H26O2.C10H16O4.12CH4/c1-6-18(4,5)17(20)21-19(12(2)3)15-8-13-7-14(10-15)11-16(19)9-13;1-4-16(2,3)15(19)20-7-11(17)21-12-8-5-9-10(6-8)14(18)22-13(9)12;1-4-14(2,3)13(17)19-16-8-11-5-12(9-16)7-15(18,6-11)10-16;1-4-14(2,3)13(18)19-8-11(16)15-10-7-5-6-9(10)12(15)17;1-5-13(3,4)12(15)16-14(6-2)10-8-7-9-11-14;1-4-10(2,3)9(12)14-7-5-6-13-8(7)11;;;;;;;;;;;;/h12-16H,6-11H2,1-5H3;8-10,12-13H,4-7H2,1-3H3;11-12,18H,4-10H2,1-3H3;9-10H,4-8H2,1-3H3;5-11H2,1-4H3;7H,4-6H2,1-3H3;12*1H4. The molecule has 22 nitrogen and oxygen atoms in total. The molecule has 12 saturated carbocycles. The number of imide groups is 1. The minimum Gasteiger partial charge on any atom is -0.463 e. The predicted molar refractivity (Wildman–Crippen MR) is 496 cm³/mol. The summed E-state index contributed by atoms with van der Waals surface area (Å²) in [4.78, 5) is 132. The van der Waals surface area contributed by atoms with Gasteiger partial charge in [0.15, 0.2) is 13.2 Å². The first-order chi connectivity index (χ1) is 51.7. The van der Waals surface area contributed by atoms with E-state index in [4.69, 9.17) is 42.6 Å². The number of ether oxygens (including phenoxy) is 9. The zero-order valence-electron chi connectivity index (χ0n) is 71.8. The average Bonchev–Trinajstić information content (AvgIpc) is 1.72. The summed E-state index contributed by atoms with van der Waals surface area (Å²) < 4.78 is 48.8. The molecule has 726 valence electrons. The SMILES string of the molecule is C.C.C.C.C.C.C.C.C.C.C.C.CCC(C)(C)C(=O)OC1(C(C)C)C2CC3CC(C2)CC1C3.CCC(C)(C)C(=O)OC12CC3CC(CC(O)(C3)C1)C2.CCC(C)(C)C(=O)OC1CCOC1=O.CCC(C)(C)C(=O)OCC(=O)N1C(=O)C2CCCC21.CCC(C)(C)C(=O)OCC(=O)OC1C2CC3C(=O)OC1C3C2.CCC1(OC(=O)C(C)(C)CC)CCCCC1.